The van der Waals surface area contributed by atoms with E-state index in [-0.39, 0.29) is 24.8 Å². The van der Waals surface area contributed by atoms with E-state index >= 15 is 0 Å². The highest BCUT2D eigenvalue weighted by atomic mass is 35.5. The predicted octanol–water partition coefficient (Wildman–Crippen LogP) is 2.79. The van der Waals surface area contributed by atoms with E-state index in [2.05, 4.69) is 14.8 Å². The van der Waals surface area contributed by atoms with Gasteiger partial charge >= 0.3 is 12.5 Å². The molecule has 1 fully saturated rings. The zero-order chi connectivity index (χ0) is 12.5. The molecule has 8 heteroatoms. The maximum Gasteiger partial charge on any atom is 0.573 e. The van der Waals surface area contributed by atoms with Crippen LogP contribution in [-0.4, -0.2) is 19.1 Å². The minimum absolute atomic E-state index is 0. The van der Waals surface area contributed by atoms with E-state index in [0.29, 0.717) is 5.56 Å². The fourth-order valence-electron chi connectivity index (χ4n) is 1.49. The summed E-state index contributed by atoms with van der Waals surface area (Å²) in [6.07, 6.45) is -5.31. The molecule has 1 aliphatic heterocycles. The van der Waals surface area contributed by atoms with E-state index in [1.54, 1.807) is 6.07 Å². The molecule has 100 valence electrons. The van der Waals surface area contributed by atoms with Gasteiger partial charge in [-0.1, -0.05) is 12.1 Å². The van der Waals surface area contributed by atoms with E-state index < -0.39 is 18.5 Å². The molecule has 1 saturated heterocycles. The van der Waals surface area contributed by atoms with Gasteiger partial charge in [-0.2, -0.15) is 0 Å². The quantitative estimate of drug-likeness (QED) is 0.908. The van der Waals surface area contributed by atoms with Crippen LogP contribution in [0.2, 0.25) is 0 Å². The van der Waals surface area contributed by atoms with Crippen molar-refractivity contribution in [2.75, 3.05) is 6.61 Å². The van der Waals surface area contributed by atoms with Crippen molar-refractivity contribution in [2.45, 2.75) is 12.4 Å². The van der Waals surface area contributed by atoms with Crippen molar-refractivity contribution >= 4 is 18.5 Å². The van der Waals surface area contributed by atoms with Crippen molar-refractivity contribution in [3.8, 4) is 5.75 Å². The predicted molar refractivity (Wildman–Crippen MR) is 57.6 cm³/mol. The van der Waals surface area contributed by atoms with Gasteiger partial charge in [0.15, 0.2) is 0 Å². The van der Waals surface area contributed by atoms with E-state index in [1.165, 1.54) is 18.2 Å². The first-order chi connectivity index (χ1) is 7.94. The highest BCUT2D eigenvalue weighted by Crippen LogP contribution is 2.26. The molecule has 4 nitrogen and oxygen atoms in total. The number of alkyl halides is 3. The number of hydrogen-bond donors (Lipinski definition) is 1. The van der Waals surface area contributed by atoms with E-state index in [9.17, 15) is 18.0 Å². The zero-order valence-electron chi connectivity index (χ0n) is 8.86. The fraction of sp³-hybridized carbons (Fsp3) is 0.300. The Kier molecular flexibility index (Phi) is 4.28. The topological polar surface area (TPSA) is 47.6 Å². The third-order valence-corrected chi connectivity index (χ3v) is 2.17. The number of carbonyl (C=O) groups excluding carboxylic acids is 1. The van der Waals surface area contributed by atoms with Crippen molar-refractivity contribution in [3.05, 3.63) is 29.8 Å². The Morgan fingerprint density at radius 2 is 2.11 bits per heavy atom. The molecule has 1 aliphatic rings. The smallest absolute Gasteiger partial charge is 0.447 e. The van der Waals surface area contributed by atoms with E-state index in [1.807, 2.05) is 0 Å². The van der Waals surface area contributed by atoms with Gasteiger partial charge in [0, 0.05) is 0 Å². The second-order valence-corrected chi connectivity index (χ2v) is 3.42. The number of alkyl carbamates (subject to hydrolysis) is 1. The molecule has 0 spiro atoms. The van der Waals surface area contributed by atoms with Gasteiger partial charge in [-0.25, -0.2) is 4.79 Å². The summed E-state index contributed by atoms with van der Waals surface area (Å²) in [4.78, 5) is 10.8. The van der Waals surface area contributed by atoms with Gasteiger partial charge in [0.2, 0.25) is 0 Å². The third kappa shape index (κ3) is 3.69. The van der Waals surface area contributed by atoms with Crippen LogP contribution in [0, 0.1) is 0 Å². The third-order valence-electron chi connectivity index (χ3n) is 2.17. The lowest BCUT2D eigenvalue weighted by molar-refractivity contribution is -0.274. The Labute approximate surface area is 106 Å². The molecule has 0 saturated carbocycles. The molecule has 0 unspecified atom stereocenters. The number of rotatable bonds is 2. The summed E-state index contributed by atoms with van der Waals surface area (Å²) >= 11 is 0. The molecular formula is C10H9ClF3NO3. The van der Waals surface area contributed by atoms with Gasteiger partial charge in [-0.05, 0) is 17.7 Å². The summed E-state index contributed by atoms with van der Waals surface area (Å²) in [5.41, 5.74) is 0.498. The lowest BCUT2D eigenvalue weighted by Gasteiger charge is -2.12. The number of ether oxygens (including phenoxy) is 2. The SMILES string of the molecule is Cl.O=C1N[C@H](c2cccc(OC(F)(F)F)c2)CO1. The van der Waals surface area contributed by atoms with Crippen molar-refractivity contribution in [2.24, 2.45) is 0 Å². The maximum atomic E-state index is 12.0. The van der Waals surface area contributed by atoms with Crippen molar-refractivity contribution in [1.29, 1.82) is 0 Å². The van der Waals surface area contributed by atoms with Crippen LogP contribution >= 0.6 is 12.4 Å². The van der Waals surface area contributed by atoms with Crippen LogP contribution in [0.15, 0.2) is 24.3 Å². The summed E-state index contributed by atoms with van der Waals surface area (Å²) in [5, 5.41) is 2.46. The van der Waals surface area contributed by atoms with Crippen molar-refractivity contribution in [3.63, 3.8) is 0 Å². The molecule has 0 bridgehead atoms. The largest absolute Gasteiger partial charge is 0.573 e. The summed E-state index contributed by atoms with van der Waals surface area (Å²) in [6.45, 7) is 0.0916. The summed E-state index contributed by atoms with van der Waals surface area (Å²) in [7, 11) is 0. The van der Waals surface area contributed by atoms with Crippen LogP contribution in [0.25, 0.3) is 0 Å². The standard InChI is InChI=1S/C10H8F3NO3.ClH/c11-10(12,13)17-7-3-1-2-6(4-7)8-5-16-9(15)14-8;/h1-4,8H,5H2,(H,14,15);1H/t8-;/m0./s1. The molecule has 1 aromatic rings. The first-order valence-corrected chi connectivity index (χ1v) is 4.73. The maximum absolute atomic E-state index is 12.0. The molecule has 0 radical (unpaired) electrons. The Morgan fingerprint density at radius 3 is 2.67 bits per heavy atom. The van der Waals surface area contributed by atoms with Crippen LogP contribution in [0.5, 0.6) is 5.75 Å². The molecule has 0 aliphatic carbocycles. The molecule has 1 aromatic carbocycles. The molecule has 2 rings (SSSR count). The van der Waals surface area contributed by atoms with Crippen molar-refractivity contribution in [1.82, 2.24) is 5.32 Å². The molecule has 1 N–H and O–H groups in total. The zero-order valence-corrected chi connectivity index (χ0v) is 9.68. The lowest BCUT2D eigenvalue weighted by atomic mass is 10.1. The molecule has 1 heterocycles. The molecule has 0 aromatic heterocycles. The molecule has 1 amide bonds. The molecule has 1 atom stereocenters. The number of cyclic esters (lactones) is 1. The van der Waals surface area contributed by atoms with Gasteiger partial charge in [0.1, 0.15) is 12.4 Å². The summed E-state index contributed by atoms with van der Waals surface area (Å²) in [6, 6.07) is 4.96. The summed E-state index contributed by atoms with van der Waals surface area (Å²) < 4.78 is 44.4. The average Bonchev–Trinajstić information content (AvgIpc) is 2.63. The van der Waals surface area contributed by atoms with Gasteiger partial charge in [-0.15, -0.1) is 25.6 Å². The van der Waals surface area contributed by atoms with Gasteiger partial charge < -0.3 is 14.8 Å². The second-order valence-electron chi connectivity index (χ2n) is 3.42. The summed E-state index contributed by atoms with van der Waals surface area (Å²) in [5.74, 6) is -0.323. The Balaban J connectivity index is 0.00000162. The fourth-order valence-corrected chi connectivity index (χ4v) is 1.49. The van der Waals surface area contributed by atoms with Crippen LogP contribution < -0.4 is 10.1 Å². The number of halogens is 4. The van der Waals surface area contributed by atoms with Gasteiger partial charge in [-0.3, -0.25) is 0 Å². The lowest BCUT2D eigenvalue weighted by Crippen LogP contribution is -2.19. The monoisotopic (exact) mass is 283 g/mol. The number of nitrogens with one attached hydrogen (secondary N) is 1. The second kappa shape index (κ2) is 5.34. The highest BCUT2D eigenvalue weighted by Gasteiger charge is 2.31. The highest BCUT2D eigenvalue weighted by molar-refractivity contribution is 5.85. The number of carbonyl (C=O) groups is 1. The molecule has 18 heavy (non-hydrogen) atoms. The van der Waals surface area contributed by atoms with Crippen molar-refractivity contribution < 1.29 is 27.4 Å². The van der Waals surface area contributed by atoms with E-state index in [4.69, 9.17) is 0 Å². The van der Waals surface area contributed by atoms with Gasteiger partial charge in [0.25, 0.3) is 0 Å². The number of amides is 1. The van der Waals surface area contributed by atoms with E-state index in [0.717, 1.165) is 0 Å². The number of hydrogen-bond acceptors (Lipinski definition) is 3. The van der Waals surface area contributed by atoms with Crippen LogP contribution in [0.1, 0.15) is 11.6 Å². The Bertz CT molecular complexity index is 439. The Hall–Kier alpha value is -1.63. The number of benzene rings is 1. The first-order valence-electron chi connectivity index (χ1n) is 4.73. The average molecular weight is 284 g/mol. The molecular weight excluding hydrogens is 275 g/mol. The van der Waals surface area contributed by atoms with Crippen LogP contribution in [0.3, 0.4) is 0 Å². The van der Waals surface area contributed by atoms with Gasteiger partial charge in [0.05, 0.1) is 6.04 Å². The minimum Gasteiger partial charge on any atom is -0.447 e. The normalized spacial score (nSPS) is 18.6. The minimum atomic E-state index is -4.73. The first kappa shape index (κ1) is 14.4. The van der Waals surface area contributed by atoms with Crippen LogP contribution in [0.4, 0.5) is 18.0 Å². The Morgan fingerprint density at radius 1 is 1.39 bits per heavy atom. The van der Waals surface area contributed by atoms with Crippen LogP contribution in [-0.2, 0) is 4.74 Å².